The molecule has 2 aromatic rings. The molecule has 0 fully saturated rings. The van der Waals surface area contributed by atoms with E-state index in [1.807, 2.05) is 25.1 Å². The van der Waals surface area contributed by atoms with Gasteiger partial charge >= 0.3 is 0 Å². The summed E-state index contributed by atoms with van der Waals surface area (Å²) in [6.45, 7) is 4.11. The van der Waals surface area contributed by atoms with E-state index in [9.17, 15) is 13.2 Å². The van der Waals surface area contributed by atoms with Crippen LogP contribution < -0.4 is 9.62 Å². The number of benzene rings is 2. The number of hydrogen-bond donors (Lipinski definition) is 1. The van der Waals surface area contributed by atoms with Crippen LogP contribution in [-0.4, -0.2) is 33.2 Å². The molecule has 0 aliphatic heterocycles. The van der Waals surface area contributed by atoms with Crippen LogP contribution in [0.15, 0.2) is 54.6 Å². The summed E-state index contributed by atoms with van der Waals surface area (Å²) in [5.41, 5.74) is 2.33. The Morgan fingerprint density at radius 2 is 1.69 bits per heavy atom. The molecule has 0 radical (unpaired) electrons. The van der Waals surface area contributed by atoms with Crippen molar-refractivity contribution in [3.8, 4) is 0 Å². The molecule has 26 heavy (non-hydrogen) atoms. The molecule has 140 valence electrons. The van der Waals surface area contributed by atoms with Crippen LogP contribution in [0, 0.1) is 0 Å². The minimum absolute atomic E-state index is 0.0468. The van der Waals surface area contributed by atoms with Crippen molar-refractivity contribution in [3.63, 3.8) is 0 Å². The summed E-state index contributed by atoms with van der Waals surface area (Å²) in [7, 11) is -3.32. The fourth-order valence-corrected chi connectivity index (χ4v) is 3.77. The molecule has 0 saturated heterocycles. The van der Waals surface area contributed by atoms with E-state index in [1.54, 1.807) is 31.2 Å². The highest BCUT2D eigenvalue weighted by Gasteiger charge is 2.16. The summed E-state index contributed by atoms with van der Waals surface area (Å²) in [6.07, 6.45) is 2.93. The van der Waals surface area contributed by atoms with Gasteiger partial charge in [0.25, 0.3) is 5.91 Å². The molecular formula is C20H26N2O3S. The predicted molar refractivity (Wildman–Crippen MR) is 106 cm³/mol. The third-order valence-electron chi connectivity index (χ3n) is 4.19. The summed E-state index contributed by atoms with van der Waals surface area (Å²) in [6, 6.07) is 16.8. The number of nitrogens with one attached hydrogen (secondary N) is 1. The number of anilines is 1. The van der Waals surface area contributed by atoms with Gasteiger partial charge in [-0.3, -0.25) is 9.10 Å². The van der Waals surface area contributed by atoms with Crippen molar-refractivity contribution >= 4 is 21.6 Å². The highest BCUT2D eigenvalue weighted by atomic mass is 32.2. The minimum atomic E-state index is -3.32. The number of rotatable bonds is 8. The summed E-state index contributed by atoms with van der Waals surface area (Å²) in [4.78, 5) is 12.4. The van der Waals surface area contributed by atoms with Crippen molar-refractivity contribution in [2.45, 2.75) is 32.7 Å². The van der Waals surface area contributed by atoms with E-state index >= 15 is 0 Å². The Labute approximate surface area is 156 Å². The number of sulfonamides is 1. The first-order valence-corrected chi connectivity index (χ1v) is 10.6. The van der Waals surface area contributed by atoms with Crippen LogP contribution in [0.3, 0.4) is 0 Å². The van der Waals surface area contributed by atoms with Crippen LogP contribution in [-0.2, 0) is 16.4 Å². The van der Waals surface area contributed by atoms with Gasteiger partial charge in [-0.2, -0.15) is 0 Å². The molecular weight excluding hydrogens is 348 g/mol. The standard InChI is InChI=1S/C20H26N2O3S/c1-4-22(26(3,24)25)19-14-12-18(13-15-19)20(23)21-16(2)10-11-17-8-6-5-7-9-17/h5-9,12-16H,4,10-11H2,1-3H3,(H,21,23)/t16-/m0/s1. The first kappa shape index (κ1) is 20.0. The van der Waals surface area contributed by atoms with Gasteiger partial charge in [-0.05, 0) is 56.5 Å². The van der Waals surface area contributed by atoms with Crippen molar-refractivity contribution in [3.05, 3.63) is 65.7 Å². The predicted octanol–water partition coefficient (Wildman–Crippen LogP) is 3.22. The summed E-state index contributed by atoms with van der Waals surface area (Å²) in [5, 5.41) is 2.99. The van der Waals surface area contributed by atoms with Crippen molar-refractivity contribution in [2.75, 3.05) is 17.1 Å². The number of amides is 1. The Balaban J connectivity index is 1.95. The van der Waals surface area contributed by atoms with Crippen LogP contribution in [0.4, 0.5) is 5.69 Å². The van der Waals surface area contributed by atoms with Gasteiger partial charge in [0.15, 0.2) is 0 Å². The van der Waals surface area contributed by atoms with Crippen LogP contribution in [0.5, 0.6) is 0 Å². The molecule has 0 saturated carbocycles. The van der Waals surface area contributed by atoms with Crippen LogP contribution in [0.2, 0.25) is 0 Å². The van der Waals surface area contributed by atoms with Crippen molar-refractivity contribution in [2.24, 2.45) is 0 Å². The molecule has 1 N–H and O–H groups in total. The molecule has 0 bridgehead atoms. The van der Waals surface area contributed by atoms with Gasteiger partial charge in [-0.1, -0.05) is 30.3 Å². The molecule has 2 aromatic carbocycles. The van der Waals surface area contributed by atoms with E-state index in [2.05, 4.69) is 17.4 Å². The smallest absolute Gasteiger partial charge is 0.251 e. The third-order valence-corrected chi connectivity index (χ3v) is 5.46. The van der Waals surface area contributed by atoms with E-state index in [4.69, 9.17) is 0 Å². The fraction of sp³-hybridized carbons (Fsp3) is 0.350. The maximum Gasteiger partial charge on any atom is 0.251 e. The zero-order chi connectivity index (χ0) is 19.2. The lowest BCUT2D eigenvalue weighted by molar-refractivity contribution is 0.0938. The van der Waals surface area contributed by atoms with Gasteiger partial charge < -0.3 is 5.32 Å². The molecule has 0 aromatic heterocycles. The fourth-order valence-electron chi connectivity index (χ4n) is 2.79. The SMILES string of the molecule is CCN(c1ccc(C(=O)N[C@@H](C)CCc2ccccc2)cc1)S(C)(=O)=O. The van der Waals surface area contributed by atoms with Crippen molar-refractivity contribution in [1.82, 2.24) is 5.32 Å². The first-order chi connectivity index (χ1) is 12.3. The van der Waals surface area contributed by atoms with E-state index in [1.165, 1.54) is 16.1 Å². The number of carbonyl (C=O) groups excluding carboxylic acids is 1. The van der Waals surface area contributed by atoms with E-state index < -0.39 is 10.0 Å². The van der Waals surface area contributed by atoms with Gasteiger partial charge in [-0.15, -0.1) is 0 Å². The van der Waals surface area contributed by atoms with Crippen LogP contribution >= 0.6 is 0 Å². The second-order valence-electron chi connectivity index (χ2n) is 6.37. The van der Waals surface area contributed by atoms with Crippen molar-refractivity contribution in [1.29, 1.82) is 0 Å². The highest BCUT2D eigenvalue weighted by Crippen LogP contribution is 2.18. The molecule has 2 rings (SSSR count). The van der Waals surface area contributed by atoms with E-state index in [-0.39, 0.29) is 11.9 Å². The average Bonchev–Trinajstić information content (AvgIpc) is 2.61. The molecule has 1 amide bonds. The summed E-state index contributed by atoms with van der Waals surface area (Å²) in [5.74, 6) is -0.153. The quantitative estimate of drug-likeness (QED) is 0.771. The topological polar surface area (TPSA) is 66.5 Å². The third kappa shape index (κ3) is 5.59. The average molecular weight is 375 g/mol. The molecule has 5 nitrogen and oxygen atoms in total. The second kappa shape index (κ2) is 8.85. The molecule has 6 heteroatoms. The molecule has 0 heterocycles. The molecule has 0 spiro atoms. The largest absolute Gasteiger partial charge is 0.350 e. The summed E-state index contributed by atoms with van der Waals surface area (Å²) >= 11 is 0. The first-order valence-electron chi connectivity index (χ1n) is 8.74. The van der Waals surface area contributed by atoms with Gasteiger partial charge in [0.2, 0.25) is 10.0 Å². The van der Waals surface area contributed by atoms with E-state index in [0.717, 1.165) is 12.8 Å². The lowest BCUT2D eigenvalue weighted by atomic mass is 10.1. The lowest BCUT2D eigenvalue weighted by Crippen LogP contribution is -2.33. The molecule has 1 atom stereocenters. The van der Waals surface area contributed by atoms with Gasteiger partial charge in [0, 0.05) is 18.2 Å². The number of hydrogen-bond acceptors (Lipinski definition) is 3. The lowest BCUT2D eigenvalue weighted by Gasteiger charge is -2.20. The monoisotopic (exact) mass is 374 g/mol. The normalized spacial score (nSPS) is 12.4. The minimum Gasteiger partial charge on any atom is -0.350 e. The second-order valence-corrected chi connectivity index (χ2v) is 8.28. The Hall–Kier alpha value is -2.34. The molecule has 0 aliphatic rings. The molecule has 0 unspecified atom stereocenters. The maximum absolute atomic E-state index is 12.4. The van der Waals surface area contributed by atoms with Crippen LogP contribution in [0.25, 0.3) is 0 Å². The van der Waals surface area contributed by atoms with Gasteiger partial charge in [-0.25, -0.2) is 8.42 Å². The number of nitrogens with zero attached hydrogens (tertiary/aromatic N) is 1. The Bertz CT molecular complexity index is 818. The number of aryl methyl sites for hydroxylation is 1. The zero-order valence-corrected chi connectivity index (χ0v) is 16.3. The Morgan fingerprint density at radius 1 is 1.08 bits per heavy atom. The summed E-state index contributed by atoms with van der Waals surface area (Å²) < 4.78 is 24.8. The zero-order valence-electron chi connectivity index (χ0n) is 15.5. The van der Waals surface area contributed by atoms with Crippen molar-refractivity contribution < 1.29 is 13.2 Å². The number of carbonyl (C=O) groups is 1. The molecule has 0 aliphatic carbocycles. The Kier molecular flexibility index (Phi) is 6.80. The highest BCUT2D eigenvalue weighted by molar-refractivity contribution is 7.92. The Morgan fingerprint density at radius 3 is 2.23 bits per heavy atom. The van der Waals surface area contributed by atoms with E-state index in [0.29, 0.717) is 17.8 Å². The maximum atomic E-state index is 12.4. The van der Waals surface area contributed by atoms with Gasteiger partial charge in [0.1, 0.15) is 0 Å². The van der Waals surface area contributed by atoms with Gasteiger partial charge in [0.05, 0.1) is 11.9 Å². The van der Waals surface area contributed by atoms with Crippen LogP contribution in [0.1, 0.15) is 36.2 Å².